The second kappa shape index (κ2) is 5.88. The predicted octanol–water partition coefficient (Wildman–Crippen LogP) is 3.94. The van der Waals surface area contributed by atoms with Crippen LogP contribution in [0, 0.1) is 15.9 Å². The van der Waals surface area contributed by atoms with Gasteiger partial charge in [0.2, 0.25) is 0 Å². The Hall–Kier alpha value is -2.48. The van der Waals surface area contributed by atoms with Gasteiger partial charge in [-0.1, -0.05) is 6.07 Å². The average molecular weight is 355 g/mol. The normalized spacial score (nSPS) is 10.2. The van der Waals surface area contributed by atoms with E-state index in [-0.39, 0.29) is 22.6 Å². The van der Waals surface area contributed by atoms with Crippen molar-refractivity contribution >= 4 is 39.0 Å². The first-order valence-electron chi connectivity index (χ1n) is 5.63. The highest BCUT2D eigenvalue weighted by Gasteiger charge is 2.17. The van der Waals surface area contributed by atoms with Crippen molar-refractivity contribution in [1.29, 1.82) is 0 Å². The molecule has 0 saturated heterocycles. The van der Waals surface area contributed by atoms with Gasteiger partial charge in [-0.05, 0) is 34.1 Å². The Bertz CT molecular complexity index is 716. The molecule has 0 aliphatic rings. The van der Waals surface area contributed by atoms with Crippen molar-refractivity contribution in [2.24, 2.45) is 0 Å². The fraction of sp³-hybridized carbons (Fsp3) is 0. The van der Waals surface area contributed by atoms with Crippen molar-refractivity contribution in [1.82, 2.24) is 0 Å². The van der Waals surface area contributed by atoms with Gasteiger partial charge in [0.05, 0.1) is 21.9 Å². The lowest BCUT2D eigenvalue weighted by Gasteiger charge is -2.12. The van der Waals surface area contributed by atoms with Crippen molar-refractivity contribution in [3.8, 4) is 0 Å². The highest BCUT2D eigenvalue weighted by atomic mass is 79.9. The van der Waals surface area contributed by atoms with Gasteiger partial charge >= 0.3 is 5.97 Å². The maximum Gasteiger partial charge on any atom is 0.337 e. The van der Waals surface area contributed by atoms with Gasteiger partial charge in [0.25, 0.3) is 5.69 Å². The summed E-state index contributed by atoms with van der Waals surface area (Å²) < 4.78 is 14.1. The van der Waals surface area contributed by atoms with Gasteiger partial charge in [-0.25, -0.2) is 9.18 Å². The van der Waals surface area contributed by atoms with Crippen LogP contribution < -0.4 is 5.32 Å². The molecule has 108 valence electrons. The van der Waals surface area contributed by atoms with E-state index in [4.69, 9.17) is 5.11 Å². The van der Waals surface area contributed by atoms with Crippen LogP contribution in [0.4, 0.5) is 21.5 Å². The Morgan fingerprint density at radius 1 is 1.33 bits per heavy atom. The number of nitrogens with one attached hydrogen (secondary N) is 1. The number of carboxylic acid groups (broad SMARTS) is 1. The zero-order chi connectivity index (χ0) is 15.6. The molecule has 0 saturated carbocycles. The first-order valence-corrected chi connectivity index (χ1v) is 6.42. The molecular formula is C13H8BrFN2O4. The fourth-order valence-electron chi connectivity index (χ4n) is 1.69. The van der Waals surface area contributed by atoms with Crippen molar-refractivity contribution in [3.05, 3.63) is 62.4 Å². The number of anilines is 2. The first kappa shape index (κ1) is 14.9. The van der Waals surface area contributed by atoms with Gasteiger partial charge in [0, 0.05) is 16.6 Å². The third-order valence-electron chi connectivity index (χ3n) is 2.67. The van der Waals surface area contributed by atoms with Gasteiger partial charge in [0.1, 0.15) is 5.82 Å². The number of nitrogens with zero attached hydrogens (tertiary/aromatic N) is 1. The van der Waals surface area contributed by atoms with Crippen LogP contribution in [-0.2, 0) is 0 Å². The largest absolute Gasteiger partial charge is 0.478 e. The summed E-state index contributed by atoms with van der Waals surface area (Å²) in [4.78, 5) is 21.3. The minimum absolute atomic E-state index is 0.000461. The lowest BCUT2D eigenvalue weighted by atomic mass is 10.1. The maximum absolute atomic E-state index is 13.8. The van der Waals surface area contributed by atoms with Gasteiger partial charge in [-0.15, -0.1) is 0 Å². The van der Waals surface area contributed by atoms with Crippen LogP contribution in [-0.4, -0.2) is 16.0 Å². The topological polar surface area (TPSA) is 92.5 Å². The maximum atomic E-state index is 13.8. The Kier molecular flexibility index (Phi) is 4.18. The highest BCUT2D eigenvalue weighted by Crippen LogP contribution is 2.31. The number of non-ortho nitro benzene ring substituents is 1. The van der Waals surface area contributed by atoms with Gasteiger partial charge in [0.15, 0.2) is 0 Å². The molecular weight excluding hydrogens is 347 g/mol. The van der Waals surface area contributed by atoms with Gasteiger partial charge in [-0.2, -0.15) is 0 Å². The molecule has 0 bridgehead atoms. The number of carbonyl (C=O) groups is 1. The monoisotopic (exact) mass is 354 g/mol. The number of rotatable bonds is 4. The summed E-state index contributed by atoms with van der Waals surface area (Å²) in [5, 5.41) is 22.4. The number of hydrogen-bond donors (Lipinski definition) is 2. The molecule has 0 heterocycles. The van der Waals surface area contributed by atoms with E-state index in [0.29, 0.717) is 4.47 Å². The van der Waals surface area contributed by atoms with Crippen LogP contribution >= 0.6 is 15.9 Å². The predicted molar refractivity (Wildman–Crippen MR) is 77.4 cm³/mol. The molecule has 21 heavy (non-hydrogen) atoms. The molecule has 0 aliphatic carbocycles. The van der Waals surface area contributed by atoms with Crippen LogP contribution in [0.25, 0.3) is 0 Å². The number of carboxylic acids is 1. The number of halogens is 2. The third-order valence-corrected chi connectivity index (χ3v) is 3.33. The van der Waals surface area contributed by atoms with E-state index >= 15 is 0 Å². The van der Waals surface area contributed by atoms with E-state index in [1.54, 1.807) is 6.07 Å². The summed E-state index contributed by atoms with van der Waals surface area (Å²) in [7, 11) is 0. The Balaban J connectivity index is 2.53. The third kappa shape index (κ3) is 3.16. The van der Waals surface area contributed by atoms with Crippen molar-refractivity contribution in [3.63, 3.8) is 0 Å². The molecule has 2 aromatic rings. The molecule has 0 radical (unpaired) electrons. The number of aromatic carboxylic acids is 1. The number of benzene rings is 2. The van der Waals surface area contributed by atoms with Gasteiger partial charge < -0.3 is 10.4 Å². The molecule has 0 amide bonds. The lowest BCUT2D eigenvalue weighted by Crippen LogP contribution is -2.05. The van der Waals surface area contributed by atoms with Crippen molar-refractivity contribution in [2.75, 3.05) is 5.32 Å². The summed E-state index contributed by atoms with van der Waals surface area (Å²) >= 11 is 3.13. The minimum Gasteiger partial charge on any atom is -0.478 e. The van der Waals surface area contributed by atoms with E-state index in [1.807, 2.05) is 0 Å². The Labute approximate surface area is 126 Å². The van der Waals surface area contributed by atoms with E-state index < -0.39 is 16.7 Å². The summed E-state index contributed by atoms with van der Waals surface area (Å²) in [5.74, 6) is -1.90. The minimum atomic E-state index is -1.28. The molecule has 0 aromatic heterocycles. The zero-order valence-electron chi connectivity index (χ0n) is 10.3. The summed E-state index contributed by atoms with van der Waals surface area (Å²) in [6.07, 6.45) is 0. The Morgan fingerprint density at radius 3 is 2.62 bits per heavy atom. The number of nitro benzene ring substituents is 1. The molecule has 0 unspecified atom stereocenters. The second-order valence-corrected chi connectivity index (χ2v) is 4.87. The summed E-state index contributed by atoms with van der Waals surface area (Å²) in [6, 6.07) is 7.43. The van der Waals surface area contributed by atoms with Crippen LogP contribution in [0.5, 0.6) is 0 Å². The highest BCUT2D eigenvalue weighted by molar-refractivity contribution is 9.10. The standard InChI is InChI=1S/C13H8BrFN2O4/c14-9-2-1-3-10(15)12(9)16-11-6-7(17(20)21)4-5-8(11)13(18)19/h1-6,16H,(H,18,19). The first-order chi connectivity index (χ1) is 9.90. The summed E-state index contributed by atoms with van der Waals surface area (Å²) in [5.41, 5.74) is -0.561. The molecule has 6 nitrogen and oxygen atoms in total. The molecule has 2 rings (SSSR count). The van der Waals surface area contributed by atoms with E-state index in [2.05, 4.69) is 21.2 Å². The van der Waals surface area contributed by atoms with Crippen molar-refractivity contribution in [2.45, 2.75) is 0 Å². The molecule has 0 atom stereocenters. The fourth-order valence-corrected chi connectivity index (χ4v) is 2.13. The van der Waals surface area contributed by atoms with E-state index in [0.717, 1.165) is 18.2 Å². The second-order valence-electron chi connectivity index (χ2n) is 4.01. The summed E-state index contributed by atoms with van der Waals surface area (Å²) in [6.45, 7) is 0. The van der Waals surface area contributed by atoms with Gasteiger partial charge in [-0.3, -0.25) is 10.1 Å². The molecule has 0 aliphatic heterocycles. The number of para-hydroxylation sites is 1. The molecule has 2 aromatic carbocycles. The van der Waals surface area contributed by atoms with E-state index in [1.165, 1.54) is 12.1 Å². The average Bonchev–Trinajstić information content (AvgIpc) is 2.42. The quantitative estimate of drug-likeness (QED) is 0.640. The van der Waals surface area contributed by atoms with Crippen LogP contribution in [0.1, 0.15) is 10.4 Å². The molecule has 2 N–H and O–H groups in total. The van der Waals surface area contributed by atoms with Crippen LogP contribution in [0.2, 0.25) is 0 Å². The Morgan fingerprint density at radius 2 is 2.05 bits per heavy atom. The molecule has 8 heteroatoms. The van der Waals surface area contributed by atoms with Crippen LogP contribution in [0.3, 0.4) is 0 Å². The SMILES string of the molecule is O=C(O)c1ccc([N+](=O)[O-])cc1Nc1c(F)cccc1Br. The zero-order valence-corrected chi connectivity index (χ0v) is 11.9. The van der Waals surface area contributed by atoms with E-state index in [9.17, 15) is 19.3 Å². The van der Waals surface area contributed by atoms with Crippen molar-refractivity contribution < 1.29 is 19.2 Å². The smallest absolute Gasteiger partial charge is 0.337 e. The molecule has 0 fully saturated rings. The number of hydrogen-bond acceptors (Lipinski definition) is 4. The lowest BCUT2D eigenvalue weighted by molar-refractivity contribution is -0.384. The number of nitro groups is 1. The van der Waals surface area contributed by atoms with Crippen LogP contribution in [0.15, 0.2) is 40.9 Å². The molecule has 0 spiro atoms.